The Morgan fingerprint density at radius 3 is 2.16 bits per heavy atom. The molecular weight excluding hydrogens is 238 g/mol. The fourth-order valence-corrected chi connectivity index (χ4v) is 4.91. The van der Waals surface area contributed by atoms with Gasteiger partial charge in [-0.1, -0.05) is 13.3 Å². The number of rotatable bonds is 4. The van der Waals surface area contributed by atoms with Crippen LogP contribution in [0.5, 0.6) is 0 Å². The molecule has 0 aromatic rings. The maximum atomic E-state index is 12.2. The molecular formula is C16H27NO2. The summed E-state index contributed by atoms with van der Waals surface area (Å²) in [4.78, 5) is 14.0. The Morgan fingerprint density at radius 2 is 1.68 bits per heavy atom. The third-order valence-corrected chi connectivity index (χ3v) is 5.44. The van der Waals surface area contributed by atoms with Gasteiger partial charge in [0.15, 0.2) is 0 Å². The number of hydrogen-bond acceptors (Lipinski definition) is 2. The Labute approximate surface area is 116 Å². The molecule has 0 aromatic carbocycles. The van der Waals surface area contributed by atoms with Crippen molar-refractivity contribution in [2.75, 3.05) is 13.6 Å². The van der Waals surface area contributed by atoms with E-state index in [1.807, 2.05) is 7.05 Å². The van der Waals surface area contributed by atoms with Crippen molar-refractivity contribution < 1.29 is 9.53 Å². The van der Waals surface area contributed by atoms with E-state index in [1.165, 1.54) is 19.3 Å². The van der Waals surface area contributed by atoms with Crippen LogP contribution >= 0.6 is 0 Å². The van der Waals surface area contributed by atoms with E-state index in [-0.39, 0.29) is 11.7 Å². The number of ether oxygens (including phenoxy) is 1. The van der Waals surface area contributed by atoms with Crippen LogP contribution in [0.4, 0.5) is 4.79 Å². The third-order valence-electron chi connectivity index (χ3n) is 5.44. The zero-order chi connectivity index (χ0) is 13.5. The number of carbonyl (C=O) groups is 1. The van der Waals surface area contributed by atoms with Gasteiger partial charge in [-0.15, -0.1) is 0 Å². The largest absolute Gasteiger partial charge is 0.443 e. The lowest BCUT2D eigenvalue weighted by atomic mass is 9.54. The minimum Gasteiger partial charge on any atom is -0.443 e. The Balaban J connectivity index is 1.61. The van der Waals surface area contributed by atoms with E-state index in [2.05, 4.69) is 6.92 Å². The Kier molecular flexibility index (Phi) is 3.48. The molecule has 3 nitrogen and oxygen atoms in total. The second kappa shape index (κ2) is 4.99. The maximum absolute atomic E-state index is 12.2. The third kappa shape index (κ3) is 2.61. The topological polar surface area (TPSA) is 29.5 Å². The van der Waals surface area contributed by atoms with Crippen molar-refractivity contribution in [3.8, 4) is 0 Å². The van der Waals surface area contributed by atoms with Gasteiger partial charge in [0.05, 0.1) is 0 Å². The van der Waals surface area contributed by atoms with Crippen molar-refractivity contribution in [3.63, 3.8) is 0 Å². The summed E-state index contributed by atoms with van der Waals surface area (Å²) in [5.41, 5.74) is -0.0910. The van der Waals surface area contributed by atoms with Gasteiger partial charge in [-0.05, 0) is 62.7 Å². The van der Waals surface area contributed by atoms with E-state index < -0.39 is 0 Å². The highest BCUT2D eigenvalue weighted by Gasteiger charge is 2.53. The lowest BCUT2D eigenvalue weighted by molar-refractivity contribution is -0.132. The van der Waals surface area contributed by atoms with Gasteiger partial charge in [-0.2, -0.15) is 0 Å². The SMILES string of the molecule is CCCCN(C)C(=O)OC12CC3CC(CC(C3)C1)C2. The molecule has 0 spiro atoms. The number of carbonyl (C=O) groups excluding carboxylic acids is 1. The van der Waals surface area contributed by atoms with Gasteiger partial charge in [0.25, 0.3) is 0 Å². The Bertz CT molecular complexity index is 317. The second-order valence-electron chi connectivity index (χ2n) is 7.24. The van der Waals surface area contributed by atoms with Crippen LogP contribution in [0, 0.1) is 17.8 Å². The number of nitrogens with zero attached hydrogens (tertiary/aromatic N) is 1. The van der Waals surface area contributed by atoms with Crippen LogP contribution < -0.4 is 0 Å². The number of hydrogen-bond donors (Lipinski definition) is 0. The second-order valence-corrected chi connectivity index (χ2v) is 7.24. The van der Waals surface area contributed by atoms with Crippen LogP contribution in [0.15, 0.2) is 0 Å². The molecule has 1 amide bonds. The van der Waals surface area contributed by atoms with Gasteiger partial charge < -0.3 is 9.64 Å². The summed E-state index contributed by atoms with van der Waals surface area (Å²) in [6.45, 7) is 2.97. The van der Waals surface area contributed by atoms with Crippen molar-refractivity contribution in [2.24, 2.45) is 17.8 Å². The predicted octanol–water partition coefficient (Wildman–Crippen LogP) is 3.82. The van der Waals surface area contributed by atoms with Crippen LogP contribution in [-0.4, -0.2) is 30.2 Å². The molecule has 0 saturated heterocycles. The van der Waals surface area contributed by atoms with Crippen molar-refractivity contribution in [1.82, 2.24) is 4.90 Å². The van der Waals surface area contributed by atoms with Gasteiger partial charge in [0.1, 0.15) is 5.60 Å². The number of amides is 1. The molecule has 4 saturated carbocycles. The first-order chi connectivity index (χ1) is 9.10. The zero-order valence-electron chi connectivity index (χ0n) is 12.4. The molecule has 4 aliphatic carbocycles. The first-order valence-corrected chi connectivity index (χ1v) is 8.04. The maximum Gasteiger partial charge on any atom is 0.410 e. The summed E-state index contributed by atoms with van der Waals surface area (Å²) in [5, 5.41) is 0. The molecule has 4 fully saturated rings. The quantitative estimate of drug-likeness (QED) is 0.773. The van der Waals surface area contributed by atoms with E-state index in [0.29, 0.717) is 0 Å². The van der Waals surface area contributed by atoms with E-state index in [0.717, 1.165) is 56.4 Å². The Morgan fingerprint density at radius 1 is 1.16 bits per heavy atom. The molecule has 4 bridgehead atoms. The van der Waals surface area contributed by atoms with Crippen LogP contribution in [0.3, 0.4) is 0 Å². The lowest BCUT2D eigenvalue weighted by Crippen LogP contribution is -2.53. The first-order valence-electron chi connectivity index (χ1n) is 8.04. The van der Waals surface area contributed by atoms with Gasteiger partial charge in [0.2, 0.25) is 0 Å². The van der Waals surface area contributed by atoms with Crippen molar-refractivity contribution in [3.05, 3.63) is 0 Å². The molecule has 0 unspecified atom stereocenters. The summed E-state index contributed by atoms with van der Waals surface area (Å²) in [5.74, 6) is 2.50. The molecule has 0 radical (unpaired) electrons. The smallest absolute Gasteiger partial charge is 0.410 e. The fourth-order valence-electron chi connectivity index (χ4n) is 4.91. The average molecular weight is 265 g/mol. The molecule has 0 heterocycles. The normalized spacial score (nSPS) is 39.4. The molecule has 19 heavy (non-hydrogen) atoms. The van der Waals surface area contributed by atoms with Crippen molar-refractivity contribution >= 4 is 6.09 Å². The molecule has 0 N–H and O–H groups in total. The summed E-state index contributed by atoms with van der Waals surface area (Å²) >= 11 is 0. The van der Waals surface area contributed by atoms with Crippen LogP contribution in [0.25, 0.3) is 0 Å². The lowest BCUT2D eigenvalue weighted by Gasteiger charge is -2.55. The average Bonchev–Trinajstić information content (AvgIpc) is 2.33. The first kappa shape index (κ1) is 13.3. The standard InChI is InChI=1S/C16H27NO2/c1-3-4-5-17(2)15(18)19-16-9-12-6-13(10-16)8-14(7-12)11-16/h12-14H,3-11H2,1-2H3. The highest BCUT2D eigenvalue weighted by atomic mass is 16.6. The summed E-state index contributed by atoms with van der Waals surface area (Å²) in [7, 11) is 1.87. The molecule has 0 atom stereocenters. The van der Waals surface area contributed by atoms with Crippen molar-refractivity contribution in [1.29, 1.82) is 0 Å². The number of unbranched alkanes of at least 4 members (excludes halogenated alkanes) is 1. The van der Waals surface area contributed by atoms with Crippen LogP contribution in [0.2, 0.25) is 0 Å². The minimum atomic E-state index is -0.0910. The molecule has 0 aromatic heterocycles. The monoisotopic (exact) mass is 265 g/mol. The van der Waals surface area contributed by atoms with E-state index in [9.17, 15) is 4.79 Å². The van der Waals surface area contributed by atoms with Gasteiger partial charge in [0, 0.05) is 13.6 Å². The summed E-state index contributed by atoms with van der Waals surface area (Å²) < 4.78 is 6.00. The van der Waals surface area contributed by atoms with Gasteiger partial charge in [-0.25, -0.2) is 4.79 Å². The van der Waals surface area contributed by atoms with Gasteiger partial charge >= 0.3 is 6.09 Å². The molecule has 4 rings (SSSR count). The molecule has 4 aliphatic rings. The predicted molar refractivity (Wildman–Crippen MR) is 74.9 cm³/mol. The molecule has 0 aliphatic heterocycles. The van der Waals surface area contributed by atoms with Crippen molar-refractivity contribution in [2.45, 2.75) is 63.9 Å². The van der Waals surface area contributed by atoms with E-state index in [1.54, 1.807) is 4.90 Å². The summed E-state index contributed by atoms with van der Waals surface area (Å²) in [6, 6.07) is 0. The van der Waals surface area contributed by atoms with Crippen LogP contribution in [0.1, 0.15) is 58.3 Å². The molecule has 3 heteroatoms. The minimum absolute atomic E-state index is 0.0876. The highest BCUT2D eigenvalue weighted by molar-refractivity contribution is 5.67. The highest BCUT2D eigenvalue weighted by Crippen LogP contribution is 2.57. The molecule has 108 valence electrons. The van der Waals surface area contributed by atoms with E-state index in [4.69, 9.17) is 4.74 Å². The van der Waals surface area contributed by atoms with Crippen LogP contribution in [-0.2, 0) is 4.74 Å². The fraction of sp³-hybridized carbons (Fsp3) is 0.938. The summed E-state index contributed by atoms with van der Waals surface area (Å²) in [6.07, 6.45) is 9.66. The Hall–Kier alpha value is -0.730. The zero-order valence-corrected chi connectivity index (χ0v) is 12.4. The van der Waals surface area contributed by atoms with E-state index >= 15 is 0 Å². The van der Waals surface area contributed by atoms with Gasteiger partial charge in [-0.3, -0.25) is 0 Å².